The summed E-state index contributed by atoms with van der Waals surface area (Å²) >= 11 is 0. The highest BCUT2D eigenvalue weighted by Crippen LogP contribution is 2.09. The quantitative estimate of drug-likeness (QED) is 0.347. The third-order valence-corrected chi connectivity index (χ3v) is 2.60. The molecule has 0 unspecified atom stereocenters. The van der Waals surface area contributed by atoms with Crippen LogP contribution in [0.5, 0.6) is 0 Å². The maximum absolute atomic E-state index is 11.5. The van der Waals surface area contributed by atoms with E-state index in [1.165, 1.54) is 0 Å². The fourth-order valence-electron chi connectivity index (χ4n) is 1.61. The van der Waals surface area contributed by atoms with Crippen LogP contribution in [0.25, 0.3) is 0 Å². The molecule has 0 aromatic heterocycles. The van der Waals surface area contributed by atoms with Gasteiger partial charge >= 0.3 is 11.9 Å². The van der Waals surface area contributed by atoms with Gasteiger partial charge in [0.2, 0.25) is 0 Å². The number of ether oxygens (including phenoxy) is 2. The van der Waals surface area contributed by atoms with E-state index in [4.69, 9.17) is 9.47 Å². The van der Waals surface area contributed by atoms with Crippen LogP contribution in [-0.2, 0) is 19.1 Å². The summed E-state index contributed by atoms with van der Waals surface area (Å²) in [5.41, 5.74) is 0. The van der Waals surface area contributed by atoms with Gasteiger partial charge in [-0.3, -0.25) is 0 Å². The van der Waals surface area contributed by atoms with Gasteiger partial charge in [-0.2, -0.15) is 0 Å². The molecule has 19 heavy (non-hydrogen) atoms. The van der Waals surface area contributed by atoms with Crippen molar-refractivity contribution >= 4 is 11.9 Å². The highest BCUT2D eigenvalue weighted by molar-refractivity contribution is 5.91. The molecule has 0 heterocycles. The Balaban J connectivity index is 4.02. The van der Waals surface area contributed by atoms with Crippen molar-refractivity contribution in [2.75, 3.05) is 6.61 Å². The molecule has 0 aliphatic rings. The van der Waals surface area contributed by atoms with Crippen molar-refractivity contribution in [2.45, 2.75) is 65.4 Å². The van der Waals surface area contributed by atoms with E-state index in [2.05, 4.69) is 13.8 Å². The van der Waals surface area contributed by atoms with Crippen LogP contribution in [0.4, 0.5) is 0 Å². The van der Waals surface area contributed by atoms with Gasteiger partial charge in [0.1, 0.15) is 6.10 Å². The van der Waals surface area contributed by atoms with Crippen molar-refractivity contribution in [3.05, 3.63) is 12.2 Å². The van der Waals surface area contributed by atoms with Crippen molar-refractivity contribution in [3.8, 4) is 0 Å². The van der Waals surface area contributed by atoms with E-state index in [0.29, 0.717) is 6.61 Å². The molecule has 0 rings (SSSR count). The van der Waals surface area contributed by atoms with Crippen molar-refractivity contribution in [3.63, 3.8) is 0 Å². The minimum Gasteiger partial charge on any atom is -0.463 e. The number of carbonyl (C=O) groups excluding carboxylic acids is 2. The molecule has 0 fully saturated rings. The Hall–Kier alpha value is -1.32. The monoisotopic (exact) mass is 270 g/mol. The van der Waals surface area contributed by atoms with Crippen molar-refractivity contribution in [1.29, 1.82) is 0 Å². The van der Waals surface area contributed by atoms with E-state index in [0.717, 1.165) is 50.7 Å². The third-order valence-electron chi connectivity index (χ3n) is 2.60. The van der Waals surface area contributed by atoms with Gasteiger partial charge in [0.15, 0.2) is 0 Å². The molecule has 0 aliphatic heterocycles. The largest absolute Gasteiger partial charge is 0.463 e. The van der Waals surface area contributed by atoms with Crippen LogP contribution in [0, 0.1) is 0 Å². The molecule has 0 radical (unpaired) electrons. The first-order chi connectivity index (χ1) is 9.13. The van der Waals surface area contributed by atoms with E-state index >= 15 is 0 Å². The van der Waals surface area contributed by atoms with Gasteiger partial charge in [0, 0.05) is 12.2 Å². The van der Waals surface area contributed by atoms with Crippen molar-refractivity contribution in [2.24, 2.45) is 0 Å². The van der Waals surface area contributed by atoms with Gasteiger partial charge in [-0.15, -0.1) is 0 Å². The molecule has 0 spiro atoms. The Morgan fingerprint density at radius 2 is 1.53 bits per heavy atom. The zero-order chi connectivity index (χ0) is 14.5. The topological polar surface area (TPSA) is 52.6 Å². The zero-order valence-electron chi connectivity index (χ0n) is 12.3. The molecule has 4 nitrogen and oxygen atoms in total. The Kier molecular flexibility index (Phi) is 10.9. The van der Waals surface area contributed by atoms with Crippen LogP contribution in [-0.4, -0.2) is 24.6 Å². The predicted molar refractivity (Wildman–Crippen MR) is 74.7 cm³/mol. The molecule has 0 aromatic rings. The van der Waals surface area contributed by atoms with Crippen molar-refractivity contribution < 1.29 is 19.1 Å². The summed E-state index contributed by atoms with van der Waals surface area (Å²) in [6.45, 7) is 6.51. The molecule has 0 amide bonds. The molecule has 0 atom stereocenters. The van der Waals surface area contributed by atoms with Gasteiger partial charge in [-0.25, -0.2) is 9.59 Å². The molecule has 0 saturated carbocycles. The summed E-state index contributed by atoms with van der Waals surface area (Å²) in [7, 11) is 0. The van der Waals surface area contributed by atoms with Crippen molar-refractivity contribution in [1.82, 2.24) is 0 Å². The summed E-state index contributed by atoms with van der Waals surface area (Å²) in [4.78, 5) is 22.8. The summed E-state index contributed by atoms with van der Waals surface area (Å²) in [6, 6.07) is 0. The van der Waals surface area contributed by atoms with Crippen LogP contribution in [0.3, 0.4) is 0 Å². The predicted octanol–water partition coefficient (Wildman–Crippen LogP) is 3.40. The van der Waals surface area contributed by atoms with E-state index in [1.807, 2.05) is 6.92 Å². The second-order valence-corrected chi connectivity index (χ2v) is 4.49. The van der Waals surface area contributed by atoms with Gasteiger partial charge in [0.05, 0.1) is 6.61 Å². The molecule has 0 saturated heterocycles. The summed E-state index contributed by atoms with van der Waals surface area (Å²) in [6.07, 6.45) is 7.68. The Morgan fingerprint density at radius 1 is 0.947 bits per heavy atom. The Morgan fingerprint density at radius 3 is 2.05 bits per heavy atom. The Labute approximate surface area is 116 Å². The van der Waals surface area contributed by atoms with Gasteiger partial charge < -0.3 is 9.47 Å². The number of rotatable bonds is 10. The number of esters is 2. The maximum Gasteiger partial charge on any atom is 0.331 e. The number of hydrogen-bond donors (Lipinski definition) is 0. The van der Waals surface area contributed by atoms with Crippen LogP contribution in [0.2, 0.25) is 0 Å². The summed E-state index contributed by atoms with van der Waals surface area (Å²) in [5, 5.41) is 0. The molecule has 0 N–H and O–H groups in total. The number of hydrogen-bond acceptors (Lipinski definition) is 4. The molecular weight excluding hydrogens is 244 g/mol. The lowest BCUT2D eigenvalue weighted by atomic mass is 10.1. The lowest BCUT2D eigenvalue weighted by Crippen LogP contribution is -2.16. The highest BCUT2D eigenvalue weighted by atomic mass is 16.5. The first-order valence-corrected chi connectivity index (χ1v) is 7.19. The average Bonchev–Trinajstić information content (AvgIpc) is 2.37. The van der Waals surface area contributed by atoms with E-state index in [9.17, 15) is 9.59 Å². The summed E-state index contributed by atoms with van der Waals surface area (Å²) in [5.74, 6) is -0.965. The molecule has 0 aliphatic carbocycles. The second-order valence-electron chi connectivity index (χ2n) is 4.49. The lowest BCUT2D eigenvalue weighted by Gasteiger charge is -2.14. The van der Waals surface area contributed by atoms with Crippen LogP contribution < -0.4 is 0 Å². The van der Waals surface area contributed by atoms with E-state index < -0.39 is 11.9 Å². The molecule has 0 bridgehead atoms. The molecule has 4 heteroatoms. The lowest BCUT2D eigenvalue weighted by molar-refractivity contribution is -0.144. The SMILES string of the molecule is CCCCOC(=O)/C=C/C(=O)OC(CCC)CCC. The molecular formula is C15H26O4. The Bertz CT molecular complexity index is 278. The zero-order valence-corrected chi connectivity index (χ0v) is 12.3. The molecule has 110 valence electrons. The van der Waals surface area contributed by atoms with Gasteiger partial charge in [-0.05, 0) is 19.3 Å². The fourth-order valence-corrected chi connectivity index (χ4v) is 1.61. The minimum atomic E-state index is -0.493. The minimum absolute atomic E-state index is 0.0525. The first kappa shape index (κ1) is 17.7. The fraction of sp³-hybridized carbons (Fsp3) is 0.733. The second kappa shape index (κ2) is 11.8. The smallest absolute Gasteiger partial charge is 0.331 e. The van der Waals surface area contributed by atoms with Gasteiger partial charge in [-0.1, -0.05) is 40.0 Å². The first-order valence-electron chi connectivity index (χ1n) is 7.19. The normalized spacial score (nSPS) is 10.9. The standard InChI is InChI=1S/C15H26O4/c1-4-7-12-18-14(16)10-11-15(17)19-13(8-5-2)9-6-3/h10-11,13H,4-9,12H2,1-3H3/b11-10+. The van der Waals surface area contributed by atoms with Gasteiger partial charge in [0.25, 0.3) is 0 Å². The van der Waals surface area contributed by atoms with Crippen LogP contribution >= 0.6 is 0 Å². The summed E-state index contributed by atoms with van der Waals surface area (Å²) < 4.78 is 10.2. The van der Waals surface area contributed by atoms with Crippen LogP contribution in [0.1, 0.15) is 59.3 Å². The third kappa shape index (κ3) is 10.3. The van der Waals surface area contributed by atoms with Crippen LogP contribution in [0.15, 0.2) is 12.2 Å². The van der Waals surface area contributed by atoms with E-state index in [-0.39, 0.29) is 6.10 Å². The van der Waals surface area contributed by atoms with E-state index in [1.54, 1.807) is 0 Å². The number of unbranched alkanes of at least 4 members (excludes halogenated alkanes) is 1. The highest BCUT2D eigenvalue weighted by Gasteiger charge is 2.11. The number of carbonyl (C=O) groups is 2. The average molecular weight is 270 g/mol. The maximum atomic E-state index is 11.5. The molecule has 0 aromatic carbocycles.